The summed E-state index contributed by atoms with van der Waals surface area (Å²) in [6, 6.07) is 71.7. The van der Waals surface area contributed by atoms with Crippen molar-refractivity contribution in [1.29, 1.82) is 0 Å². The molecule has 1 aliphatic carbocycles. The number of allylic oxidation sites excluding steroid dienone is 1. The van der Waals surface area contributed by atoms with Gasteiger partial charge < -0.3 is 0 Å². The summed E-state index contributed by atoms with van der Waals surface area (Å²) >= 11 is 0. The van der Waals surface area contributed by atoms with Gasteiger partial charge in [0.05, 0.1) is 0 Å². The van der Waals surface area contributed by atoms with E-state index in [0.717, 1.165) is 12.8 Å². The van der Waals surface area contributed by atoms with Gasteiger partial charge in [0.1, 0.15) is 0 Å². The summed E-state index contributed by atoms with van der Waals surface area (Å²) in [5, 5.41) is 10.2. The van der Waals surface area contributed by atoms with Crippen LogP contribution in [-0.2, 0) is 6.42 Å². The molecule has 11 rings (SSSR count). The van der Waals surface area contributed by atoms with Crippen LogP contribution < -0.4 is 0 Å². The molecule has 56 heavy (non-hydrogen) atoms. The molecule has 0 spiro atoms. The summed E-state index contributed by atoms with van der Waals surface area (Å²) in [5.74, 6) is 0. The molecule has 0 aromatic heterocycles. The van der Waals surface area contributed by atoms with Gasteiger partial charge in [-0.2, -0.15) is 0 Å². The first-order valence-corrected chi connectivity index (χ1v) is 19.7. The van der Waals surface area contributed by atoms with Crippen molar-refractivity contribution < 1.29 is 0 Å². The van der Waals surface area contributed by atoms with Crippen molar-refractivity contribution in [2.24, 2.45) is 0 Å². The van der Waals surface area contributed by atoms with Gasteiger partial charge in [0, 0.05) is 0 Å². The summed E-state index contributed by atoms with van der Waals surface area (Å²) in [6.07, 6.45) is 6.80. The van der Waals surface area contributed by atoms with Crippen molar-refractivity contribution in [3.8, 4) is 55.6 Å². The second kappa shape index (κ2) is 13.4. The molecule has 0 unspecified atom stereocenters. The Hall–Kier alpha value is -7.02. The molecule has 0 amide bonds. The van der Waals surface area contributed by atoms with Crippen molar-refractivity contribution in [3.05, 3.63) is 211 Å². The topological polar surface area (TPSA) is 0 Å². The molecular weight excluding hydrogens is 673 g/mol. The second-order valence-corrected chi connectivity index (χ2v) is 15.0. The van der Waals surface area contributed by atoms with Crippen LogP contribution in [-0.4, -0.2) is 0 Å². The van der Waals surface area contributed by atoms with Gasteiger partial charge in [-0.15, -0.1) is 0 Å². The molecule has 0 aliphatic heterocycles. The maximum absolute atomic E-state index is 2.43. The van der Waals surface area contributed by atoms with Crippen LogP contribution in [0.1, 0.15) is 17.5 Å². The fourth-order valence-electron chi connectivity index (χ4n) is 9.47. The molecule has 0 saturated carbocycles. The van der Waals surface area contributed by atoms with E-state index in [2.05, 4.69) is 206 Å². The minimum absolute atomic E-state index is 1.02. The van der Waals surface area contributed by atoms with E-state index in [4.69, 9.17) is 0 Å². The molecule has 0 heteroatoms. The number of hydrogen-bond donors (Lipinski definition) is 0. The quantitative estimate of drug-likeness (QED) is 0.156. The van der Waals surface area contributed by atoms with Gasteiger partial charge in [-0.05, 0) is 129 Å². The summed E-state index contributed by atoms with van der Waals surface area (Å²) in [6.45, 7) is 0. The Morgan fingerprint density at radius 1 is 0.304 bits per heavy atom. The van der Waals surface area contributed by atoms with Gasteiger partial charge in [-0.25, -0.2) is 0 Å². The number of fused-ring (bicyclic) bond motifs is 5. The Balaban J connectivity index is 1.14. The first-order chi connectivity index (χ1) is 27.8. The Labute approximate surface area is 327 Å². The molecular formula is C56H38. The van der Waals surface area contributed by atoms with Crippen LogP contribution in [0.2, 0.25) is 0 Å². The minimum atomic E-state index is 1.02. The van der Waals surface area contributed by atoms with E-state index in [9.17, 15) is 0 Å². The highest BCUT2D eigenvalue weighted by Gasteiger charge is 2.23. The van der Waals surface area contributed by atoms with Gasteiger partial charge in [-0.3, -0.25) is 0 Å². The standard InChI is InChI=1S/C56H38/c1-3-16-37(17-4-1)42-34-35-51-52(36-42)55(39-19-5-2-6-20-39)46-24-10-9-23-45(46)54(51)41-32-30-40(31-33-41)53-47-25-11-13-27-49(47)56(50-28-14-12-26-48(50)53)44-29-15-21-38-18-7-8-22-43(38)44/h1-9,11-23,25-36H,10,24H2. The van der Waals surface area contributed by atoms with Crippen LogP contribution in [0.5, 0.6) is 0 Å². The average Bonchev–Trinajstić information content (AvgIpc) is 3.28. The first kappa shape index (κ1) is 32.4. The van der Waals surface area contributed by atoms with Gasteiger partial charge in [-0.1, -0.05) is 200 Å². The third-order valence-corrected chi connectivity index (χ3v) is 11.9. The Bertz CT molecular complexity index is 3090. The number of hydrogen-bond acceptors (Lipinski definition) is 0. The zero-order chi connectivity index (χ0) is 37.0. The second-order valence-electron chi connectivity index (χ2n) is 15.0. The summed E-state index contributed by atoms with van der Waals surface area (Å²) in [5.41, 5.74) is 15.6. The molecule has 10 aromatic rings. The normalized spacial score (nSPS) is 12.4. The molecule has 0 nitrogen and oxygen atoms in total. The lowest BCUT2D eigenvalue weighted by atomic mass is 9.79. The Morgan fingerprint density at radius 2 is 0.804 bits per heavy atom. The molecule has 0 radical (unpaired) electrons. The predicted molar refractivity (Wildman–Crippen MR) is 241 cm³/mol. The number of benzene rings is 10. The highest BCUT2D eigenvalue weighted by Crippen LogP contribution is 2.48. The van der Waals surface area contributed by atoms with Gasteiger partial charge in [0.2, 0.25) is 0 Å². The zero-order valence-corrected chi connectivity index (χ0v) is 31.0. The summed E-state index contributed by atoms with van der Waals surface area (Å²) in [7, 11) is 0. The van der Waals surface area contributed by atoms with Gasteiger partial charge in [0.25, 0.3) is 0 Å². The fourth-order valence-corrected chi connectivity index (χ4v) is 9.47. The molecule has 262 valence electrons. The Kier molecular flexibility index (Phi) is 7.74. The van der Waals surface area contributed by atoms with Crippen molar-refractivity contribution in [2.75, 3.05) is 0 Å². The monoisotopic (exact) mass is 710 g/mol. The SMILES string of the molecule is C1=Cc2c(c(-c3ccccc3)c3cc(-c4ccccc4)ccc3c2-c2ccc(-c3c4ccccc4c(-c4cccc5ccccc45)c4ccccc34)cc2)CC1. The Morgan fingerprint density at radius 3 is 1.48 bits per heavy atom. The van der Waals surface area contributed by atoms with E-state index in [0.29, 0.717) is 0 Å². The molecule has 0 heterocycles. The van der Waals surface area contributed by atoms with E-state index in [1.165, 1.54) is 110 Å². The van der Waals surface area contributed by atoms with E-state index < -0.39 is 0 Å². The fraction of sp³-hybridized carbons (Fsp3) is 0.0357. The molecule has 0 bridgehead atoms. The van der Waals surface area contributed by atoms with Crippen LogP contribution in [0.3, 0.4) is 0 Å². The average molecular weight is 711 g/mol. The predicted octanol–water partition coefficient (Wildman–Crippen LogP) is 15.6. The molecule has 0 atom stereocenters. The lowest BCUT2D eigenvalue weighted by molar-refractivity contribution is 0.991. The lowest BCUT2D eigenvalue weighted by Gasteiger charge is -2.24. The van der Waals surface area contributed by atoms with E-state index in [-0.39, 0.29) is 0 Å². The highest BCUT2D eigenvalue weighted by atomic mass is 14.3. The highest BCUT2D eigenvalue weighted by molar-refractivity contribution is 6.23. The third kappa shape index (κ3) is 5.22. The van der Waals surface area contributed by atoms with E-state index in [1.54, 1.807) is 0 Å². The molecule has 0 fully saturated rings. The van der Waals surface area contributed by atoms with Crippen LogP contribution in [0.15, 0.2) is 200 Å². The van der Waals surface area contributed by atoms with Crippen LogP contribution in [0, 0.1) is 0 Å². The molecule has 0 N–H and O–H groups in total. The summed E-state index contributed by atoms with van der Waals surface area (Å²) < 4.78 is 0. The summed E-state index contributed by atoms with van der Waals surface area (Å²) in [4.78, 5) is 0. The van der Waals surface area contributed by atoms with Crippen molar-refractivity contribution >= 4 is 49.2 Å². The smallest absolute Gasteiger partial charge is 0.00201 e. The van der Waals surface area contributed by atoms with Gasteiger partial charge >= 0.3 is 0 Å². The lowest BCUT2D eigenvalue weighted by Crippen LogP contribution is -2.02. The van der Waals surface area contributed by atoms with Gasteiger partial charge in [0.15, 0.2) is 0 Å². The number of rotatable bonds is 5. The maximum Gasteiger partial charge on any atom is -0.00201 e. The van der Waals surface area contributed by atoms with E-state index in [1.807, 2.05) is 0 Å². The van der Waals surface area contributed by atoms with Crippen molar-refractivity contribution in [3.63, 3.8) is 0 Å². The maximum atomic E-state index is 2.43. The molecule has 10 aromatic carbocycles. The first-order valence-electron chi connectivity index (χ1n) is 19.7. The third-order valence-electron chi connectivity index (χ3n) is 11.9. The van der Waals surface area contributed by atoms with Crippen molar-refractivity contribution in [2.45, 2.75) is 12.8 Å². The largest absolute Gasteiger partial charge is 0.0836 e. The van der Waals surface area contributed by atoms with Crippen LogP contribution in [0.25, 0.3) is 105 Å². The van der Waals surface area contributed by atoms with E-state index >= 15 is 0 Å². The minimum Gasteiger partial charge on any atom is -0.0836 e. The van der Waals surface area contributed by atoms with Crippen LogP contribution in [0.4, 0.5) is 0 Å². The van der Waals surface area contributed by atoms with Crippen LogP contribution >= 0.6 is 0 Å². The molecule has 1 aliphatic rings. The molecule has 0 saturated heterocycles. The van der Waals surface area contributed by atoms with Crippen molar-refractivity contribution in [1.82, 2.24) is 0 Å². The zero-order valence-electron chi connectivity index (χ0n) is 31.0.